The van der Waals surface area contributed by atoms with Gasteiger partial charge in [-0.25, -0.2) is 9.59 Å². The number of fused-ring (bicyclic) bond motifs is 1. The summed E-state index contributed by atoms with van der Waals surface area (Å²) in [4.78, 5) is 23.5. The standard InChI is InChI=1S/C17H18O6/c1-5-10(2)17(19)22-9-11-6-16(18)23-13-8-15(21-4)14(20-3)7-12(11)13/h5-8H,9H2,1-4H3/b10-5-. The van der Waals surface area contributed by atoms with Crippen molar-refractivity contribution in [3.63, 3.8) is 0 Å². The van der Waals surface area contributed by atoms with Gasteiger partial charge in [0, 0.05) is 28.7 Å². The van der Waals surface area contributed by atoms with Gasteiger partial charge in [0.05, 0.1) is 14.2 Å². The van der Waals surface area contributed by atoms with Crippen LogP contribution in [0.25, 0.3) is 11.0 Å². The first-order chi connectivity index (χ1) is 11.0. The highest BCUT2D eigenvalue weighted by Crippen LogP contribution is 2.33. The zero-order valence-electron chi connectivity index (χ0n) is 13.5. The van der Waals surface area contributed by atoms with Crippen LogP contribution in [0.1, 0.15) is 19.4 Å². The molecule has 1 heterocycles. The number of esters is 1. The maximum atomic E-state index is 11.8. The van der Waals surface area contributed by atoms with Gasteiger partial charge in [-0.15, -0.1) is 0 Å². The lowest BCUT2D eigenvalue weighted by atomic mass is 10.1. The Morgan fingerprint density at radius 1 is 1.17 bits per heavy atom. The van der Waals surface area contributed by atoms with E-state index < -0.39 is 11.6 Å². The molecule has 0 N–H and O–H groups in total. The molecule has 2 rings (SSSR count). The maximum Gasteiger partial charge on any atom is 0.336 e. The topological polar surface area (TPSA) is 75.0 Å². The van der Waals surface area contributed by atoms with Crippen molar-refractivity contribution in [1.29, 1.82) is 0 Å². The van der Waals surface area contributed by atoms with Gasteiger partial charge in [0.2, 0.25) is 0 Å². The van der Waals surface area contributed by atoms with Gasteiger partial charge < -0.3 is 18.6 Å². The van der Waals surface area contributed by atoms with Crippen LogP contribution in [-0.2, 0) is 16.1 Å². The summed E-state index contributed by atoms with van der Waals surface area (Å²) >= 11 is 0. The number of carbonyl (C=O) groups is 1. The Bertz CT molecular complexity index is 816. The fraction of sp³-hybridized carbons (Fsp3) is 0.294. The monoisotopic (exact) mass is 318 g/mol. The highest BCUT2D eigenvalue weighted by molar-refractivity contribution is 5.88. The Morgan fingerprint density at radius 2 is 1.83 bits per heavy atom. The van der Waals surface area contributed by atoms with Crippen LogP contribution in [-0.4, -0.2) is 20.2 Å². The second-order valence-corrected chi connectivity index (χ2v) is 4.84. The normalized spacial score (nSPS) is 11.4. The Morgan fingerprint density at radius 3 is 2.43 bits per heavy atom. The number of methoxy groups -OCH3 is 2. The Kier molecular flexibility index (Phi) is 5.05. The third-order valence-electron chi connectivity index (χ3n) is 3.45. The number of ether oxygens (including phenoxy) is 3. The van der Waals surface area contributed by atoms with Crippen molar-refractivity contribution < 1.29 is 23.4 Å². The maximum absolute atomic E-state index is 11.8. The van der Waals surface area contributed by atoms with E-state index >= 15 is 0 Å². The molecule has 0 aliphatic carbocycles. The molecule has 0 aliphatic heterocycles. The van der Waals surface area contributed by atoms with E-state index in [1.165, 1.54) is 20.3 Å². The summed E-state index contributed by atoms with van der Waals surface area (Å²) in [6, 6.07) is 4.55. The van der Waals surface area contributed by atoms with Crippen molar-refractivity contribution in [2.75, 3.05) is 14.2 Å². The Labute approximate surface area is 133 Å². The molecule has 0 spiro atoms. The SMILES string of the molecule is C/C=C(/C)C(=O)OCc1cc(=O)oc2cc(OC)c(OC)cc12. The smallest absolute Gasteiger partial charge is 0.336 e. The average molecular weight is 318 g/mol. The lowest BCUT2D eigenvalue weighted by Crippen LogP contribution is -2.08. The summed E-state index contributed by atoms with van der Waals surface area (Å²) in [5.41, 5.74) is 0.841. The number of carbonyl (C=O) groups excluding carboxylic acids is 1. The van der Waals surface area contributed by atoms with E-state index in [0.717, 1.165) is 0 Å². The minimum Gasteiger partial charge on any atom is -0.493 e. The second-order valence-electron chi connectivity index (χ2n) is 4.84. The van der Waals surface area contributed by atoms with Crippen LogP contribution < -0.4 is 15.1 Å². The number of benzene rings is 1. The van der Waals surface area contributed by atoms with Gasteiger partial charge in [-0.2, -0.15) is 0 Å². The third kappa shape index (κ3) is 3.53. The summed E-state index contributed by atoms with van der Waals surface area (Å²) < 4.78 is 20.8. The van der Waals surface area contributed by atoms with Gasteiger partial charge in [-0.1, -0.05) is 6.08 Å². The molecule has 1 aromatic heterocycles. The van der Waals surface area contributed by atoms with Crippen molar-refractivity contribution in [3.05, 3.63) is 45.8 Å². The summed E-state index contributed by atoms with van der Waals surface area (Å²) in [5, 5.41) is 0.619. The van der Waals surface area contributed by atoms with E-state index in [-0.39, 0.29) is 6.61 Å². The Balaban J connectivity index is 2.46. The van der Waals surface area contributed by atoms with Gasteiger partial charge >= 0.3 is 11.6 Å². The zero-order valence-corrected chi connectivity index (χ0v) is 13.5. The molecule has 122 valence electrons. The minimum absolute atomic E-state index is 0.0401. The molecule has 23 heavy (non-hydrogen) atoms. The van der Waals surface area contributed by atoms with Crippen LogP contribution in [0.5, 0.6) is 11.5 Å². The highest BCUT2D eigenvalue weighted by Gasteiger charge is 2.14. The number of hydrogen-bond acceptors (Lipinski definition) is 6. The fourth-order valence-electron chi connectivity index (χ4n) is 2.05. The van der Waals surface area contributed by atoms with Crippen LogP contribution >= 0.6 is 0 Å². The first-order valence-electron chi connectivity index (χ1n) is 6.99. The summed E-state index contributed by atoms with van der Waals surface area (Å²) in [5.74, 6) is 0.502. The van der Waals surface area contributed by atoms with Crippen LogP contribution in [0.2, 0.25) is 0 Å². The van der Waals surface area contributed by atoms with E-state index in [2.05, 4.69) is 0 Å². The predicted molar refractivity (Wildman–Crippen MR) is 84.8 cm³/mol. The van der Waals surface area contributed by atoms with Gasteiger partial charge in [0.25, 0.3) is 0 Å². The Hall–Kier alpha value is -2.76. The largest absolute Gasteiger partial charge is 0.493 e. The molecule has 6 nitrogen and oxygen atoms in total. The molecule has 0 saturated carbocycles. The quantitative estimate of drug-likeness (QED) is 0.479. The first-order valence-corrected chi connectivity index (χ1v) is 6.99. The highest BCUT2D eigenvalue weighted by atomic mass is 16.5. The summed E-state index contributed by atoms with van der Waals surface area (Å²) in [7, 11) is 3.01. The molecule has 0 bridgehead atoms. The van der Waals surface area contributed by atoms with Crippen molar-refractivity contribution in [2.24, 2.45) is 0 Å². The van der Waals surface area contributed by atoms with Crippen LogP contribution in [0, 0.1) is 0 Å². The molecular weight excluding hydrogens is 300 g/mol. The number of allylic oxidation sites excluding steroid dienone is 1. The average Bonchev–Trinajstić information content (AvgIpc) is 2.57. The minimum atomic E-state index is -0.529. The first kappa shape index (κ1) is 16.6. The molecule has 0 unspecified atom stereocenters. The van der Waals surface area contributed by atoms with Gasteiger partial charge in [0.1, 0.15) is 12.2 Å². The van der Waals surface area contributed by atoms with Crippen molar-refractivity contribution in [1.82, 2.24) is 0 Å². The lowest BCUT2D eigenvalue weighted by Gasteiger charge is -2.11. The van der Waals surface area contributed by atoms with Crippen LogP contribution in [0.4, 0.5) is 0 Å². The fourth-order valence-corrected chi connectivity index (χ4v) is 2.05. The molecule has 0 saturated heterocycles. The molecule has 0 fully saturated rings. The molecule has 0 aliphatic rings. The van der Waals surface area contributed by atoms with E-state index in [1.54, 1.807) is 32.1 Å². The molecule has 0 amide bonds. The van der Waals surface area contributed by atoms with E-state index in [0.29, 0.717) is 33.6 Å². The molecule has 0 atom stereocenters. The summed E-state index contributed by atoms with van der Waals surface area (Å²) in [6.07, 6.45) is 1.66. The van der Waals surface area contributed by atoms with Crippen LogP contribution in [0.3, 0.4) is 0 Å². The summed E-state index contributed by atoms with van der Waals surface area (Å²) in [6.45, 7) is 3.37. The lowest BCUT2D eigenvalue weighted by molar-refractivity contribution is -0.140. The molecule has 0 radical (unpaired) electrons. The van der Waals surface area contributed by atoms with Gasteiger partial charge in [-0.05, 0) is 19.9 Å². The zero-order chi connectivity index (χ0) is 17.0. The molecule has 1 aromatic carbocycles. The predicted octanol–water partition coefficient (Wildman–Crippen LogP) is 2.82. The van der Waals surface area contributed by atoms with E-state index in [1.807, 2.05) is 0 Å². The van der Waals surface area contributed by atoms with Crippen LogP contribution in [0.15, 0.2) is 39.1 Å². The molecule has 6 heteroatoms. The van der Waals surface area contributed by atoms with Gasteiger partial charge in [0.15, 0.2) is 11.5 Å². The van der Waals surface area contributed by atoms with Crippen molar-refractivity contribution in [3.8, 4) is 11.5 Å². The molecule has 2 aromatic rings. The second kappa shape index (κ2) is 7.00. The third-order valence-corrected chi connectivity index (χ3v) is 3.45. The van der Waals surface area contributed by atoms with Crippen molar-refractivity contribution >= 4 is 16.9 Å². The van der Waals surface area contributed by atoms with Gasteiger partial charge in [-0.3, -0.25) is 0 Å². The number of rotatable bonds is 5. The van der Waals surface area contributed by atoms with E-state index in [9.17, 15) is 9.59 Å². The molecular formula is C17H18O6. The number of hydrogen-bond donors (Lipinski definition) is 0. The van der Waals surface area contributed by atoms with Crippen molar-refractivity contribution in [2.45, 2.75) is 20.5 Å². The van der Waals surface area contributed by atoms with E-state index in [4.69, 9.17) is 18.6 Å².